The number of carbonyl (C=O) groups excluding carboxylic acids is 1. The van der Waals surface area contributed by atoms with Crippen molar-refractivity contribution < 1.29 is 23.8 Å². The summed E-state index contributed by atoms with van der Waals surface area (Å²) in [4.78, 5) is 34.9. The number of aromatic amines is 1. The number of anilines is 1. The second-order valence-corrected chi connectivity index (χ2v) is 10.8. The molecule has 14 heteroatoms. The Morgan fingerprint density at radius 2 is 2.00 bits per heavy atom. The number of hydrogen-bond acceptors (Lipinski definition) is 9. The van der Waals surface area contributed by atoms with E-state index in [-0.39, 0.29) is 42.3 Å². The molecule has 228 valence electrons. The molecule has 43 heavy (non-hydrogen) atoms. The maximum atomic E-state index is 14.3. The Morgan fingerprint density at radius 3 is 2.79 bits per heavy atom. The molecule has 0 spiro atoms. The molecule has 1 unspecified atom stereocenters. The maximum absolute atomic E-state index is 14.3. The second-order valence-electron chi connectivity index (χ2n) is 10.8. The van der Waals surface area contributed by atoms with Crippen molar-refractivity contribution in [2.45, 2.75) is 64.9 Å². The van der Waals surface area contributed by atoms with Gasteiger partial charge in [0.1, 0.15) is 17.2 Å². The monoisotopic (exact) mass is 596 g/mol. The van der Waals surface area contributed by atoms with E-state index in [1.54, 1.807) is 15.5 Å². The Bertz CT molecular complexity index is 1690. The molecule has 4 heterocycles. The number of amides is 1. The van der Waals surface area contributed by atoms with Crippen molar-refractivity contribution in [2.24, 2.45) is 0 Å². The van der Waals surface area contributed by atoms with Gasteiger partial charge in [-0.3, -0.25) is 19.6 Å². The zero-order chi connectivity index (χ0) is 30.7. The van der Waals surface area contributed by atoms with E-state index in [1.807, 2.05) is 13.8 Å². The number of aromatic hydroxyl groups is 1. The van der Waals surface area contributed by atoms with Gasteiger partial charge in [-0.25, -0.2) is 18.7 Å². The number of halogens is 2. The lowest BCUT2D eigenvalue weighted by atomic mass is 10.1. The number of aliphatic hydroxyl groups is 1. The molecule has 1 aliphatic heterocycles. The Labute approximate surface area is 245 Å². The molecule has 0 fully saturated rings. The molecule has 1 aliphatic rings. The number of hydrogen-bond donors (Lipinski definition) is 5. The van der Waals surface area contributed by atoms with Gasteiger partial charge in [-0.2, -0.15) is 5.10 Å². The van der Waals surface area contributed by atoms with Gasteiger partial charge in [-0.05, 0) is 44.9 Å². The van der Waals surface area contributed by atoms with Crippen LogP contribution in [0.15, 0.2) is 35.3 Å². The predicted octanol–water partition coefficient (Wildman–Crippen LogP) is 3.17. The van der Waals surface area contributed by atoms with Gasteiger partial charge < -0.3 is 25.4 Å². The van der Waals surface area contributed by atoms with E-state index in [4.69, 9.17) is 0 Å². The minimum Gasteiger partial charge on any atom is -0.503 e. The first-order valence-electron chi connectivity index (χ1n) is 14.2. The van der Waals surface area contributed by atoms with E-state index in [0.29, 0.717) is 61.2 Å². The van der Waals surface area contributed by atoms with Crippen molar-refractivity contribution in [2.75, 3.05) is 18.4 Å². The van der Waals surface area contributed by atoms with Crippen LogP contribution in [0, 0.1) is 11.6 Å². The van der Waals surface area contributed by atoms with E-state index in [2.05, 4.69) is 30.8 Å². The molecular formula is C29H34F2N8O4. The highest BCUT2D eigenvalue weighted by atomic mass is 19.1. The zero-order valence-corrected chi connectivity index (χ0v) is 23.9. The first kappa shape index (κ1) is 30.0. The van der Waals surface area contributed by atoms with Gasteiger partial charge in [0.25, 0.3) is 0 Å². The van der Waals surface area contributed by atoms with Crippen LogP contribution in [0.1, 0.15) is 57.1 Å². The molecule has 1 amide bonds. The van der Waals surface area contributed by atoms with E-state index in [9.17, 15) is 28.6 Å². The third-order valence-corrected chi connectivity index (χ3v) is 7.54. The number of benzene rings is 1. The summed E-state index contributed by atoms with van der Waals surface area (Å²) in [6.07, 6.45) is 2.10. The van der Waals surface area contributed by atoms with E-state index >= 15 is 0 Å². The van der Waals surface area contributed by atoms with Crippen LogP contribution in [0.4, 0.5) is 14.6 Å². The summed E-state index contributed by atoms with van der Waals surface area (Å²) in [6.45, 7) is 5.33. The van der Waals surface area contributed by atoms with Gasteiger partial charge in [0, 0.05) is 49.2 Å². The Balaban J connectivity index is 1.09. The fourth-order valence-corrected chi connectivity index (χ4v) is 5.25. The van der Waals surface area contributed by atoms with Gasteiger partial charge in [-0.15, -0.1) is 0 Å². The number of fused-ring (bicyclic) bond motifs is 2. The Kier molecular flexibility index (Phi) is 8.97. The Hall–Kier alpha value is -4.43. The second kappa shape index (κ2) is 12.8. The molecule has 4 aromatic rings. The number of pyridine rings is 1. The number of nitrogens with one attached hydrogen (secondary N) is 3. The third kappa shape index (κ3) is 6.49. The van der Waals surface area contributed by atoms with E-state index in [0.717, 1.165) is 6.20 Å². The number of aromatic nitrogens is 5. The van der Waals surface area contributed by atoms with Crippen LogP contribution in [-0.2, 0) is 17.9 Å². The predicted molar refractivity (Wildman–Crippen MR) is 155 cm³/mol. The molecule has 12 nitrogen and oxygen atoms in total. The maximum Gasteiger partial charge on any atom is 0.223 e. The van der Waals surface area contributed by atoms with Gasteiger partial charge in [-0.1, -0.05) is 6.42 Å². The minimum atomic E-state index is -1.12. The lowest BCUT2D eigenvalue weighted by molar-refractivity contribution is -0.121. The summed E-state index contributed by atoms with van der Waals surface area (Å²) >= 11 is 0. The first-order chi connectivity index (χ1) is 20.6. The summed E-state index contributed by atoms with van der Waals surface area (Å²) in [7, 11) is 0. The minimum absolute atomic E-state index is 0.00408. The zero-order valence-electron chi connectivity index (χ0n) is 23.9. The molecule has 0 aliphatic carbocycles. The quantitative estimate of drug-likeness (QED) is 0.164. The van der Waals surface area contributed by atoms with Crippen LogP contribution in [0.5, 0.6) is 5.75 Å². The van der Waals surface area contributed by atoms with E-state index < -0.39 is 29.0 Å². The Morgan fingerprint density at radius 1 is 1.19 bits per heavy atom. The number of H-pyrrole nitrogens is 1. The van der Waals surface area contributed by atoms with Gasteiger partial charge >= 0.3 is 0 Å². The molecule has 1 atom stereocenters. The molecule has 5 rings (SSSR count). The van der Waals surface area contributed by atoms with Crippen molar-refractivity contribution in [1.82, 2.24) is 34.9 Å². The lowest BCUT2D eigenvalue weighted by Gasteiger charge is -2.38. The standard InChI is InChI=1S/C29H34F2N8O4/c1-16(2)38-10-11-39-18(13-22(40)26(42)25(39)29(38)43)14-33-23(41)6-4-3-5-9-32-27-20(31)15-34-28(35-27)24-19-12-17(30)7-8-21(19)36-37-24/h7-8,12-13,15-16,29,42-43H,3-6,9-11,14H2,1-2H3,(H,33,41)(H,36,37)(H,32,34,35). The average Bonchev–Trinajstić information content (AvgIpc) is 3.39. The van der Waals surface area contributed by atoms with Gasteiger partial charge in [0.2, 0.25) is 11.3 Å². The highest BCUT2D eigenvalue weighted by Gasteiger charge is 2.32. The summed E-state index contributed by atoms with van der Waals surface area (Å²) < 4.78 is 29.8. The lowest BCUT2D eigenvalue weighted by Crippen LogP contribution is -2.44. The largest absolute Gasteiger partial charge is 0.503 e. The van der Waals surface area contributed by atoms with Crippen LogP contribution in [0.25, 0.3) is 22.4 Å². The van der Waals surface area contributed by atoms with E-state index in [1.165, 1.54) is 18.2 Å². The highest BCUT2D eigenvalue weighted by molar-refractivity contribution is 5.91. The third-order valence-electron chi connectivity index (χ3n) is 7.54. The summed E-state index contributed by atoms with van der Waals surface area (Å²) in [5, 5.41) is 34.3. The van der Waals surface area contributed by atoms with Crippen LogP contribution in [-0.4, -0.2) is 64.9 Å². The average molecular weight is 597 g/mol. The van der Waals surface area contributed by atoms with Crippen molar-refractivity contribution in [3.8, 4) is 17.3 Å². The SMILES string of the molecule is CC(C)N1CCn2c(CNC(=O)CCCCCNc3nc(-c4n[nH]c5ccc(F)cc45)ncc3F)cc(=O)c(O)c2C1O. The molecule has 1 aromatic carbocycles. The van der Waals surface area contributed by atoms with Crippen molar-refractivity contribution in [3.63, 3.8) is 0 Å². The van der Waals surface area contributed by atoms with Crippen molar-refractivity contribution >= 4 is 22.6 Å². The molecule has 0 radical (unpaired) electrons. The van der Waals surface area contributed by atoms with Crippen LogP contribution < -0.4 is 16.1 Å². The van der Waals surface area contributed by atoms with Crippen molar-refractivity contribution in [3.05, 3.63) is 63.7 Å². The molecule has 3 aromatic heterocycles. The van der Waals surface area contributed by atoms with Crippen LogP contribution in [0.2, 0.25) is 0 Å². The number of nitrogens with zero attached hydrogens (tertiary/aromatic N) is 5. The molecule has 5 N–H and O–H groups in total. The summed E-state index contributed by atoms with van der Waals surface area (Å²) in [6, 6.07) is 5.48. The summed E-state index contributed by atoms with van der Waals surface area (Å²) in [5.41, 5.74) is 0.970. The van der Waals surface area contributed by atoms with Gasteiger partial charge in [0.05, 0.1) is 18.3 Å². The number of rotatable bonds is 11. The first-order valence-corrected chi connectivity index (χ1v) is 14.2. The molecular weight excluding hydrogens is 562 g/mol. The van der Waals surface area contributed by atoms with Crippen molar-refractivity contribution in [1.29, 1.82) is 0 Å². The molecule has 0 saturated heterocycles. The van der Waals surface area contributed by atoms with Crippen LogP contribution >= 0.6 is 0 Å². The number of aliphatic hydroxyl groups excluding tert-OH is 1. The summed E-state index contributed by atoms with van der Waals surface area (Å²) in [5.74, 6) is -1.58. The fourth-order valence-electron chi connectivity index (χ4n) is 5.25. The number of carbonyl (C=O) groups is 1. The normalized spacial score (nSPS) is 15.2. The smallest absolute Gasteiger partial charge is 0.223 e. The molecule has 0 saturated carbocycles. The topological polar surface area (TPSA) is 161 Å². The van der Waals surface area contributed by atoms with Crippen LogP contribution in [0.3, 0.4) is 0 Å². The highest BCUT2D eigenvalue weighted by Crippen LogP contribution is 2.31. The van der Waals surface area contributed by atoms with Gasteiger partial charge in [0.15, 0.2) is 29.4 Å². The fraction of sp³-hybridized carbons (Fsp3) is 0.414. The number of unbranched alkanes of at least 4 members (excludes halogenated alkanes) is 2. The molecule has 0 bridgehead atoms.